The lowest BCUT2D eigenvalue weighted by Crippen LogP contribution is -2.24. The average Bonchev–Trinajstić information content (AvgIpc) is 2.09. The van der Waals surface area contributed by atoms with E-state index in [0.29, 0.717) is 24.3 Å². The molecule has 0 fully saturated rings. The summed E-state index contributed by atoms with van der Waals surface area (Å²) in [7, 11) is -3.14. The highest BCUT2D eigenvalue weighted by Crippen LogP contribution is 2.15. The van der Waals surface area contributed by atoms with Gasteiger partial charge in [-0.25, -0.2) is 13.1 Å². The molecule has 0 atom stereocenters. The Morgan fingerprint density at radius 3 is 2.60 bits per heavy atom. The van der Waals surface area contributed by atoms with E-state index in [9.17, 15) is 8.42 Å². The third kappa shape index (κ3) is 4.18. The zero-order valence-corrected chi connectivity index (χ0v) is 9.34. The standard InChI is InChI=1S/C9H15N3O2S/c1-15(13,14)12-5-4-7-6-8(10)2-3-9(7)11/h2-3,6,12H,4-5,10-11H2,1H3. The first-order valence-electron chi connectivity index (χ1n) is 4.47. The second kappa shape index (κ2) is 4.50. The van der Waals surface area contributed by atoms with Gasteiger partial charge in [-0.3, -0.25) is 0 Å². The van der Waals surface area contributed by atoms with Crippen LogP contribution in [0.5, 0.6) is 0 Å². The minimum Gasteiger partial charge on any atom is -0.399 e. The lowest BCUT2D eigenvalue weighted by Gasteiger charge is -2.06. The predicted octanol–water partition coefficient (Wildman–Crippen LogP) is -0.0573. The summed E-state index contributed by atoms with van der Waals surface area (Å²) in [5.74, 6) is 0. The number of hydrogen-bond donors (Lipinski definition) is 3. The number of nitrogens with one attached hydrogen (secondary N) is 1. The fourth-order valence-electron chi connectivity index (χ4n) is 1.21. The zero-order chi connectivity index (χ0) is 11.5. The molecule has 0 radical (unpaired) electrons. The molecule has 5 nitrogen and oxygen atoms in total. The molecule has 84 valence electrons. The SMILES string of the molecule is CS(=O)(=O)NCCc1cc(N)ccc1N. The van der Waals surface area contributed by atoms with Crippen LogP contribution in [0.3, 0.4) is 0 Å². The van der Waals surface area contributed by atoms with Crippen molar-refractivity contribution in [2.45, 2.75) is 6.42 Å². The molecular formula is C9H15N3O2S. The van der Waals surface area contributed by atoms with E-state index in [1.165, 1.54) is 0 Å². The van der Waals surface area contributed by atoms with Gasteiger partial charge in [-0.1, -0.05) is 0 Å². The number of sulfonamides is 1. The van der Waals surface area contributed by atoms with E-state index in [4.69, 9.17) is 11.5 Å². The molecule has 1 aromatic carbocycles. The Kier molecular flexibility index (Phi) is 3.54. The van der Waals surface area contributed by atoms with E-state index in [1.54, 1.807) is 18.2 Å². The molecule has 0 aliphatic carbocycles. The van der Waals surface area contributed by atoms with Gasteiger partial charge in [0.25, 0.3) is 0 Å². The van der Waals surface area contributed by atoms with Gasteiger partial charge in [-0.05, 0) is 30.2 Å². The molecule has 0 bridgehead atoms. The minimum atomic E-state index is -3.14. The maximum absolute atomic E-state index is 10.8. The lowest BCUT2D eigenvalue weighted by molar-refractivity contribution is 0.588. The van der Waals surface area contributed by atoms with Crippen molar-refractivity contribution in [3.05, 3.63) is 23.8 Å². The van der Waals surface area contributed by atoms with Crippen LogP contribution in [0.1, 0.15) is 5.56 Å². The summed E-state index contributed by atoms with van der Waals surface area (Å²) in [6.45, 7) is 0.326. The summed E-state index contributed by atoms with van der Waals surface area (Å²) >= 11 is 0. The monoisotopic (exact) mass is 229 g/mol. The molecule has 6 heteroatoms. The quantitative estimate of drug-likeness (QED) is 0.630. The van der Waals surface area contributed by atoms with Crippen LogP contribution in [0.15, 0.2) is 18.2 Å². The first-order chi connectivity index (χ1) is 6.88. The van der Waals surface area contributed by atoms with Gasteiger partial charge in [0, 0.05) is 17.9 Å². The van der Waals surface area contributed by atoms with E-state index in [0.717, 1.165) is 11.8 Å². The lowest BCUT2D eigenvalue weighted by atomic mass is 10.1. The summed E-state index contributed by atoms with van der Waals surface area (Å²) < 4.78 is 24.0. The van der Waals surface area contributed by atoms with Gasteiger partial charge in [0.2, 0.25) is 10.0 Å². The van der Waals surface area contributed by atoms with E-state index in [1.807, 2.05) is 0 Å². The van der Waals surface area contributed by atoms with E-state index in [2.05, 4.69) is 4.72 Å². The number of hydrogen-bond acceptors (Lipinski definition) is 4. The van der Waals surface area contributed by atoms with Gasteiger partial charge in [-0.2, -0.15) is 0 Å². The van der Waals surface area contributed by atoms with Crippen molar-refractivity contribution in [1.29, 1.82) is 0 Å². The number of nitrogens with two attached hydrogens (primary N) is 2. The second-order valence-electron chi connectivity index (χ2n) is 3.37. The highest BCUT2D eigenvalue weighted by molar-refractivity contribution is 7.88. The Bertz CT molecular complexity index is 443. The molecule has 0 saturated heterocycles. The molecule has 0 saturated carbocycles. The Balaban J connectivity index is 2.61. The Labute approximate surface area is 89.5 Å². The summed E-state index contributed by atoms with van der Waals surface area (Å²) in [5.41, 5.74) is 13.4. The van der Waals surface area contributed by atoms with Gasteiger partial charge < -0.3 is 11.5 Å². The molecule has 5 N–H and O–H groups in total. The summed E-state index contributed by atoms with van der Waals surface area (Å²) in [5, 5.41) is 0. The third-order valence-corrected chi connectivity index (χ3v) is 2.65. The summed E-state index contributed by atoms with van der Waals surface area (Å²) in [4.78, 5) is 0. The normalized spacial score (nSPS) is 11.5. The van der Waals surface area contributed by atoms with Crippen LogP contribution in [0, 0.1) is 0 Å². The predicted molar refractivity (Wildman–Crippen MR) is 61.8 cm³/mol. The Morgan fingerprint density at radius 2 is 2.00 bits per heavy atom. The van der Waals surface area contributed by atoms with Crippen LogP contribution >= 0.6 is 0 Å². The van der Waals surface area contributed by atoms with Gasteiger partial charge >= 0.3 is 0 Å². The summed E-state index contributed by atoms with van der Waals surface area (Å²) in [6, 6.07) is 5.17. The van der Waals surface area contributed by atoms with Crippen LogP contribution in [0.2, 0.25) is 0 Å². The van der Waals surface area contributed by atoms with Crippen molar-refractivity contribution < 1.29 is 8.42 Å². The molecule has 0 amide bonds. The molecule has 1 rings (SSSR count). The average molecular weight is 229 g/mol. The molecule has 15 heavy (non-hydrogen) atoms. The van der Waals surface area contributed by atoms with E-state index >= 15 is 0 Å². The number of anilines is 2. The second-order valence-corrected chi connectivity index (χ2v) is 5.21. The van der Waals surface area contributed by atoms with Crippen molar-refractivity contribution in [2.24, 2.45) is 0 Å². The van der Waals surface area contributed by atoms with Crippen molar-refractivity contribution >= 4 is 21.4 Å². The maximum Gasteiger partial charge on any atom is 0.208 e. The van der Waals surface area contributed by atoms with Crippen molar-refractivity contribution in [3.63, 3.8) is 0 Å². The highest BCUT2D eigenvalue weighted by atomic mass is 32.2. The smallest absolute Gasteiger partial charge is 0.208 e. The fourth-order valence-corrected chi connectivity index (χ4v) is 1.69. The molecule has 0 spiro atoms. The molecular weight excluding hydrogens is 214 g/mol. The fraction of sp³-hybridized carbons (Fsp3) is 0.333. The van der Waals surface area contributed by atoms with Crippen molar-refractivity contribution in [1.82, 2.24) is 4.72 Å². The van der Waals surface area contributed by atoms with Gasteiger partial charge in [0.05, 0.1) is 6.26 Å². The van der Waals surface area contributed by atoms with E-state index < -0.39 is 10.0 Å². The van der Waals surface area contributed by atoms with E-state index in [-0.39, 0.29) is 0 Å². The first kappa shape index (κ1) is 11.8. The van der Waals surface area contributed by atoms with Gasteiger partial charge in [-0.15, -0.1) is 0 Å². The topological polar surface area (TPSA) is 98.2 Å². The molecule has 0 aliphatic heterocycles. The minimum absolute atomic E-state index is 0.326. The number of nitrogen functional groups attached to an aromatic ring is 2. The van der Waals surface area contributed by atoms with Gasteiger partial charge in [0.15, 0.2) is 0 Å². The van der Waals surface area contributed by atoms with Crippen molar-refractivity contribution in [2.75, 3.05) is 24.3 Å². The largest absolute Gasteiger partial charge is 0.399 e. The highest BCUT2D eigenvalue weighted by Gasteiger charge is 2.03. The maximum atomic E-state index is 10.8. The van der Waals surface area contributed by atoms with Crippen LogP contribution < -0.4 is 16.2 Å². The molecule has 1 aromatic rings. The van der Waals surface area contributed by atoms with Crippen LogP contribution in [-0.4, -0.2) is 21.2 Å². The third-order valence-electron chi connectivity index (χ3n) is 1.93. The number of benzene rings is 1. The van der Waals surface area contributed by atoms with Crippen LogP contribution in [-0.2, 0) is 16.4 Å². The van der Waals surface area contributed by atoms with Gasteiger partial charge in [0.1, 0.15) is 0 Å². The molecule has 0 aliphatic rings. The van der Waals surface area contributed by atoms with Crippen LogP contribution in [0.4, 0.5) is 11.4 Å². The molecule has 0 aromatic heterocycles. The zero-order valence-electron chi connectivity index (χ0n) is 8.53. The molecule has 0 heterocycles. The first-order valence-corrected chi connectivity index (χ1v) is 6.36. The Hall–Kier alpha value is -1.27. The summed E-state index contributed by atoms with van der Waals surface area (Å²) in [6.07, 6.45) is 1.65. The molecule has 0 unspecified atom stereocenters. The van der Waals surface area contributed by atoms with Crippen LogP contribution in [0.25, 0.3) is 0 Å². The number of rotatable bonds is 4. The Morgan fingerprint density at radius 1 is 1.33 bits per heavy atom. The van der Waals surface area contributed by atoms with Crippen molar-refractivity contribution in [3.8, 4) is 0 Å².